The maximum Gasteiger partial charge on any atom is 0.308 e. The molecule has 0 saturated carbocycles. The molecule has 1 N–H and O–H groups in total. The normalized spacial score (nSPS) is 19.5. The number of carbonyl (C=O) groups excluding carboxylic acids is 3. The molecular formula is C31H21ClN4O4S2. The van der Waals surface area contributed by atoms with Crippen molar-refractivity contribution in [1.29, 1.82) is 0 Å². The zero-order valence-electron chi connectivity index (χ0n) is 21.8. The number of amides is 3. The Balaban J connectivity index is 1.27. The van der Waals surface area contributed by atoms with Crippen molar-refractivity contribution in [2.45, 2.75) is 22.7 Å². The summed E-state index contributed by atoms with van der Waals surface area (Å²) in [5, 5.41) is 5.04. The third-order valence-corrected chi connectivity index (χ3v) is 10.4. The molecule has 5 aromatic rings. The summed E-state index contributed by atoms with van der Waals surface area (Å²) in [5.74, 6) is -2.41. The number of pyridine rings is 1. The first kappa shape index (κ1) is 26.6. The van der Waals surface area contributed by atoms with Crippen molar-refractivity contribution >= 4 is 74.6 Å². The van der Waals surface area contributed by atoms with Crippen LogP contribution < -0.4 is 15.1 Å². The number of thioether (sulfide) groups is 1. The molecule has 0 radical (unpaired) electrons. The molecule has 0 bridgehead atoms. The van der Waals surface area contributed by atoms with Gasteiger partial charge in [-0.15, -0.1) is 0 Å². The van der Waals surface area contributed by atoms with Crippen molar-refractivity contribution in [3.05, 3.63) is 116 Å². The summed E-state index contributed by atoms with van der Waals surface area (Å²) >= 11 is 8.23. The fourth-order valence-electron chi connectivity index (χ4n) is 5.69. The maximum atomic E-state index is 13.9. The molecule has 1 saturated heterocycles. The lowest BCUT2D eigenvalue weighted by Gasteiger charge is -2.30. The highest BCUT2D eigenvalue weighted by molar-refractivity contribution is 8.00. The van der Waals surface area contributed by atoms with Crippen LogP contribution in [-0.2, 0) is 20.9 Å². The van der Waals surface area contributed by atoms with E-state index in [2.05, 4.69) is 10.3 Å². The zero-order valence-corrected chi connectivity index (χ0v) is 24.2. The number of aromatic nitrogens is 2. The van der Waals surface area contributed by atoms with E-state index in [0.717, 1.165) is 27.7 Å². The number of hydrogen-bond acceptors (Lipinski definition) is 7. The van der Waals surface area contributed by atoms with Crippen molar-refractivity contribution in [1.82, 2.24) is 9.55 Å². The van der Waals surface area contributed by atoms with Gasteiger partial charge >= 0.3 is 4.87 Å². The summed E-state index contributed by atoms with van der Waals surface area (Å²) in [6.45, 7) is -0.235. The highest BCUT2D eigenvalue weighted by atomic mass is 35.5. The summed E-state index contributed by atoms with van der Waals surface area (Å²) in [7, 11) is 0. The van der Waals surface area contributed by atoms with E-state index in [4.69, 9.17) is 11.6 Å². The van der Waals surface area contributed by atoms with Crippen LogP contribution in [0.25, 0.3) is 10.8 Å². The number of anilines is 2. The Hall–Kier alpha value is -4.25. The molecule has 3 amide bonds. The number of nitrogens with one attached hydrogen (secondary N) is 1. The first-order valence-electron chi connectivity index (χ1n) is 13.1. The molecule has 8 nitrogen and oxygen atoms in total. The van der Waals surface area contributed by atoms with Gasteiger partial charge in [0.15, 0.2) is 0 Å². The monoisotopic (exact) mass is 612 g/mol. The first-order valence-corrected chi connectivity index (χ1v) is 15.2. The van der Waals surface area contributed by atoms with Gasteiger partial charge in [-0.3, -0.25) is 28.7 Å². The minimum absolute atomic E-state index is 0.235. The van der Waals surface area contributed by atoms with E-state index in [9.17, 15) is 19.2 Å². The maximum absolute atomic E-state index is 13.9. The fraction of sp³-hybridized carbons (Fsp3) is 0.129. The van der Waals surface area contributed by atoms with Crippen LogP contribution in [0, 0.1) is 5.92 Å². The van der Waals surface area contributed by atoms with Gasteiger partial charge in [-0.2, -0.15) is 0 Å². The minimum atomic E-state index is -0.785. The predicted octanol–water partition coefficient (Wildman–Crippen LogP) is 5.55. The average molecular weight is 613 g/mol. The Morgan fingerprint density at radius 2 is 1.71 bits per heavy atom. The van der Waals surface area contributed by atoms with Crippen LogP contribution in [0.3, 0.4) is 0 Å². The lowest BCUT2D eigenvalue weighted by Crippen LogP contribution is -2.33. The van der Waals surface area contributed by atoms with E-state index in [0.29, 0.717) is 26.3 Å². The minimum Gasteiger partial charge on any atom is -0.324 e. The van der Waals surface area contributed by atoms with Crippen LogP contribution in [0.5, 0.6) is 0 Å². The highest BCUT2D eigenvalue weighted by Gasteiger charge is 2.56. The third-order valence-electron chi connectivity index (χ3n) is 7.54. The summed E-state index contributed by atoms with van der Waals surface area (Å²) in [5.41, 5.74) is 1.80. The molecule has 2 aliphatic rings. The number of nitrogens with zero attached hydrogens (tertiary/aromatic N) is 3. The number of rotatable bonds is 5. The van der Waals surface area contributed by atoms with E-state index in [-0.39, 0.29) is 29.1 Å². The Bertz CT molecular complexity index is 1940. The number of halogens is 1. The molecule has 4 heterocycles. The number of fused-ring (bicyclic) bond motifs is 3. The molecule has 2 aromatic heterocycles. The van der Waals surface area contributed by atoms with Crippen LogP contribution in [0.15, 0.2) is 101 Å². The fourth-order valence-corrected chi connectivity index (χ4v) is 8.59. The second kappa shape index (κ2) is 10.5. The summed E-state index contributed by atoms with van der Waals surface area (Å²) in [6.07, 6.45) is 3.29. The van der Waals surface area contributed by atoms with Gasteiger partial charge in [0.25, 0.3) is 0 Å². The lowest BCUT2D eigenvalue weighted by molar-refractivity contribution is -0.122. The number of imide groups is 1. The van der Waals surface area contributed by atoms with Gasteiger partial charge in [-0.25, -0.2) is 4.90 Å². The summed E-state index contributed by atoms with van der Waals surface area (Å²) in [4.78, 5) is 60.1. The van der Waals surface area contributed by atoms with Crippen LogP contribution in [-0.4, -0.2) is 32.5 Å². The molecule has 3 aromatic carbocycles. The van der Waals surface area contributed by atoms with Gasteiger partial charge in [0.2, 0.25) is 17.7 Å². The van der Waals surface area contributed by atoms with Gasteiger partial charge < -0.3 is 5.32 Å². The Kier molecular flexibility index (Phi) is 6.69. The molecule has 3 atom stereocenters. The Labute approximate surface area is 252 Å². The van der Waals surface area contributed by atoms with E-state index in [1.165, 1.54) is 21.2 Å². The van der Waals surface area contributed by atoms with E-state index >= 15 is 0 Å². The summed E-state index contributed by atoms with van der Waals surface area (Å²) < 4.78 is 1.41. The topological polar surface area (TPSA) is 101 Å². The molecule has 0 unspecified atom stereocenters. The van der Waals surface area contributed by atoms with Crippen LogP contribution in [0.4, 0.5) is 11.4 Å². The van der Waals surface area contributed by atoms with Gasteiger partial charge in [-0.1, -0.05) is 77.2 Å². The van der Waals surface area contributed by atoms with Crippen molar-refractivity contribution in [2.75, 3.05) is 10.2 Å². The van der Waals surface area contributed by atoms with Crippen molar-refractivity contribution in [2.24, 2.45) is 5.92 Å². The largest absolute Gasteiger partial charge is 0.324 e. The van der Waals surface area contributed by atoms with E-state index in [1.807, 2.05) is 48.5 Å². The molecule has 7 rings (SSSR count). The van der Waals surface area contributed by atoms with Crippen LogP contribution in [0.1, 0.15) is 16.4 Å². The standard InChI is InChI=1S/C31H21ClN4O4S2/c32-19-10-12-20(13-11-19)36-28(38)25-24(18-7-4-14-33-15-18)27-30(41-26(25)29(36)39)35(31(40)42-27)16-23(37)34-22-9-3-6-17-5-1-2-8-21(17)22/h1-15,24-26H,16H2,(H,34,37)/t24-,25-,26+/m0/s1. The Morgan fingerprint density at radius 3 is 2.50 bits per heavy atom. The first-order chi connectivity index (χ1) is 20.4. The SMILES string of the molecule is O=C(Cn1c2c(sc1=O)[C@@H](c1cccnc1)[C@@H]1C(=O)N(c3ccc(Cl)cc3)C(=O)[C@@H]1S2)Nc1cccc2ccccc12. The molecular weight excluding hydrogens is 592 g/mol. The number of hydrogen-bond donors (Lipinski definition) is 1. The molecule has 0 spiro atoms. The van der Waals surface area contributed by atoms with E-state index in [1.54, 1.807) is 42.7 Å². The molecule has 1 fully saturated rings. The van der Waals surface area contributed by atoms with Crippen LogP contribution >= 0.6 is 34.7 Å². The van der Waals surface area contributed by atoms with Gasteiger partial charge in [0.1, 0.15) is 11.8 Å². The molecule has 11 heteroatoms. The highest BCUT2D eigenvalue weighted by Crippen LogP contribution is 2.53. The van der Waals surface area contributed by atoms with Crippen molar-refractivity contribution < 1.29 is 14.4 Å². The third kappa shape index (κ3) is 4.43. The van der Waals surface area contributed by atoms with Gasteiger partial charge in [-0.05, 0) is 47.3 Å². The quantitative estimate of drug-likeness (QED) is 0.261. The van der Waals surface area contributed by atoms with Crippen molar-refractivity contribution in [3.8, 4) is 0 Å². The number of thiazole rings is 1. The van der Waals surface area contributed by atoms with Crippen molar-refractivity contribution in [3.63, 3.8) is 0 Å². The number of benzene rings is 3. The van der Waals surface area contributed by atoms with Crippen LogP contribution in [0.2, 0.25) is 5.02 Å². The average Bonchev–Trinajstić information content (AvgIpc) is 3.44. The molecule has 42 heavy (non-hydrogen) atoms. The second-order valence-corrected chi connectivity index (χ2v) is 12.6. The predicted molar refractivity (Wildman–Crippen MR) is 164 cm³/mol. The van der Waals surface area contributed by atoms with Gasteiger partial charge in [0.05, 0.1) is 16.6 Å². The molecule has 208 valence electrons. The molecule has 2 aliphatic heterocycles. The zero-order chi connectivity index (χ0) is 29.0. The lowest BCUT2D eigenvalue weighted by atomic mass is 9.84. The Morgan fingerprint density at radius 1 is 0.929 bits per heavy atom. The summed E-state index contributed by atoms with van der Waals surface area (Å²) in [6, 6.07) is 23.5. The van der Waals surface area contributed by atoms with E-state index < -0.39 is 17.1 Å². The smallest absolute Gasteiger partial charge is 0.308 e. The number of carbonyl (C=O) groups is 3. The molecule has 0 aliphatic carbocycles. The second-order valence-electron chi connectivity index (χ2n) is 10.0. The van der Waals surface area contributed by atoms with Gasteiger partial charge in [0, 0.05) is 39.3 Å².